The Balaban J connectivity index is 2.03. The number of likely N-dealkylation sites (tertiary alicyclic amines) is 1. The molecule has 1 aliphatic carbocycles. The Morgan fingerprint density at radius 3 is 2.33 bits per heavy atom. The van der Waals surface area contributed by atoms with Crippen LogP contribution in [0.15, 0.2) is 0 Å². The Morgan fingerprint density at radius 2 is 1.80 bits per heavy atom. The second-order valence-electron chi connectivity index (χ2n) is 5.81. The average Bonchev–Trinajstić information content (AvgIpc) is 2.54. The smallest absolute Gasteiger partial charge is 0.0477 e. The summed E-state index contributed by atoms with van der Waals surface area (Å²) in [5, 5.41) is 9.39. The predicted octanol–water partition coefficient (Wildman–Crippen LogP) is 2.41. The van der Waals surface area contributed by atoms with E-state index in [-0.39, 0.29) is 5.54 Å². The van der Waals surface area contributed by atoms with Crippen molar-refractivity contribution in [1.29, 1.82) is 0 Å². The van der Waals surface area contributed by atoms with E-state index in [1.165, 1.54) is 45.1 Å². The second-order valence-corrected chi connectivity index (χ2v) is 5.81. The maximum absolute atomic E-state index is 9.39. The first-order chi connectivity index (χ1) is 7.16. The molecule has 1 saturated heterocycles. The summed E-state index contributed by atoms with van der Waals surface area (Å²) in [5.41, 5.74) is 0.219. The van der Waals surface area contributed by atoms with Crippen molar-refractivity contribution in [3.63, 3.8) is 0 Å². The quantitative estimate of drug-likeness (QED) is 0.758. The molecule has 1 unspecified atom stereocenters. The molecule has 2 fully saturated rings. The van der Waals surface area contributed by atoms with Crippen LogP contribution in [0.3, 0.4) is 0 Å². The molecule has 0 aromatic rings. The molecule has 2 rings (SSSR count). The normalized spacial score (nSPS) is 33.4. The molecular formula is C13H25NO. The molecule has 1 saturated carbocycles. The lowest BCUT2D eigenvalue weighted by atomic mass is 9.86. The molecule has 1 atom stereocenters. The van der Waals surface area contributed by atoms with Gasteiger partial charge in [0.05, 0.1) is 0 Å². The molecule has 0 bridgehead atoms. The average molecular weight is 211 g/mol. The fourth-order valence-electron chi connectivity index (χ4n) is 3.53. The Hall–Kier alpha value is -0.0800. The summed E-state index contributed by atoms with van der Waals surface area (Å²) in [6, 6.07) is 0.797. The SMILES string of the molecule is CC1(C)C(CO)CCN1C1CCCCC1. The van der Waals surface area contributed by atoms with Crippen molar-refractivity contribution in [1.82, 2.24) is 4.90 Å². The van der Waals surface area contributed by atoms with E-state index in [4.69, 9.17) is 0 Å². The molecule has 15 heavy (non-hydrogen) atoms. The summed E-state index contributed by atoms with van der Waals surface area (Å²) in [7, 11) is 0. The van der Waals surface area contributed by atoms with Crippen molar-refractivity contribution in [2.24, 2.45) is 5.92 Å². The van der Waals surface area contributed by atoms with Crippen molar-refractivity contribution in [3.05, 3.63) is 0 Å². The van der Waals surface area contributed by atoms with E-state index >= 15 is 0 Å². The van der Waals surface area contributed by atoms with Crippen molar-refractivity contribution < 1.29 is 5.11 Å². The van der Waals surface area contributed by atoms with Gasteiger partial charge in [0.2, 0.25) is 0 Å². The second kappa shape index (κ2) is 4.42. The summed E-state index contributed by atoms with van der Waals surface area (Å²) >= 11 is 0. The Labute approximate surface area is 93.7 Å². The molecule has 2 nitrogen and oxygen atoms in total. The highest BCUT2D eigenvalue weighted by atomic mass is 16.3. The molecular weight excluding hydrogens is 186 g/mol. The van der Waals surface area contributed by atoms with Crippen LogP contribution in [-0.2, 0) is 0 Å². The first kappa shape index (κ1) is 11.4. The summed E-state index contributed by atoms with van der Waals surface area (Å²) in [6.07, 6.45) is 8.17. The fourth-order valence-corrected chi connectivity index (χ4v) is 3.53. The third kappa shape index (κ3) is 2.07. The van der Waals surface area contributed by atoms with E-state index in [1.54, 1.807) is 0 Å². The number of aliphatic hydroxyl groups excluding tert-OH is 1. The minimum Gasteiger partial charge on any atom is -0.396 e. The molecule has 0 spiro atoms. The summed E-state index contributed by atoms with van der Waals surface area (Å²) in [4.78, 5) is 2.67. The Kier molecular flexibility index (Phi) is 3.36. The molecule has 0 radical (unpaired) electrons. The van der Waals surface area contributed by atoms with Crippen LogP contribution in [-0.4, -0.2) is 34.7 Å². The van der Waals surface area contributed by atoms with Crippen molar-refractivity contribution >= 4 is 0 Å². The van der Waals surface area contributed by atoms with Crippen LogP contribution in [0.1, 0.15) is 52.4 Å². The number of hydrogen-bond donors (Lipinski definition) is 1. The lowest BCUT2D eigenvalue weighted by Gasteiger charge is -2.42. The number of aliphatic hydroxyl groups is 1. The zero-order valence-corrected chi connectivity index (χ0v) is 10.2. The summed E-state index contributed by atoms with van der Waals surface area (Å²) < 4.78 is 0. The standard InChI is InChI=1S/C13H25NO/c1-13(2)11(10-15)8-9-14(13)12-6-4-3-5-7-12/h11-12,15H,3-10H2,1-2H3. The zero-order chi connectivity index (χ0) is 10.9. The van der Waals surface area contributed by atoms with Crippen LogP contribution in [0.4, 0.5) is 0 Å². The van der Waals surface area contributed by atoms with Crippen LogP contribution >= 0.6 is 0 Å². The molecule has 88 valence electrons. The van der Waals surface area contributed by atoms with E-state index in [9.17, 15) is 5.11 Å². The number of rotatable bonds is 2. The molecule has 0 aromatic heterocycles. The van der Waals surface area contributed by atoms with Gasteiger partial charge in [0, 0.05) is 24.1 Å². The highest BCUT2D eigenvalue weighted by molar-refractivity contribution is 4.98. The third-order valence-electron chi connectivity index (χ3n) is 4.69. The van der Waals surface area contributed by atoms with Crippen molar-refractivity contribution in [3.8, 4) is 0 Å². The van der Waals surface area contributed by atoms with E-state index in [1.807, 2.05) is 0 Å². The first-order valence-electron chi connectivity index (χ1n) is 6.54. The van der Waals surface area contributed by atoms with Gasteiger partial charge in [0.25, 0.3) is 0 Å². The van der Waals surface area contributed by atoms with Gasteiger partial charge in [-0.1, -0.05) is 19.3 Å². The molecule has 1 heterocycles. The number of nitrogens with zero attached hydrogens (tertiary/aromatic N) is 1. The van der Waals surface area contributed by atoms with Gasteiger partial charge in [-0.05, 0) is 39.7 Å². The lowest BCUT2D eigenvalue weighted by molar-refractivity contribution is 0.0501. The highest BCUT2D eigenvalue weighted by Crippen LogP contribution is 2.39. The number of hydrogen-bond acceptors (Lipinski definition) is 2. The van der Waals surface area contributed by atoms with Crippen LogP contribution < -0.4 is 0 Å². The predicted molar refractivity (Wildman–Crippen MR) is 62.9 cm³/mol. The first-order valence-corrected chi connectivity index (χ1v) is 6.54. The highest BCUT2D eigenvalue weighted by Gasteiger charge is 2.43. The zero-order valence-electron chi connectivity index (χ0n) is 10.2. The molecule has 1 N–H and O–H groups in total. The molecule has 2 aliphatic rings. The lowest BCUT2D eigenvalue weighted by Crippen LogP contribution is -2.49. The Bertz CT molecular complexity index is 209. The maximum atomic E-state index is 9.39. The van der Waals surface area contributed by atoms with Gasteiger partial charge < -0.3 is 5.11 Å². The van der Waals surface area contributed by atoms with Gasteiger partial charge in [-0.3, -0.25) is 4.90 Å². The van der Waals surface area contributed by atoms with Crippen LogP contribution in [0.5, 0.6) is 0 Å². The van der Waals surface area contributed by atoms with E-state index < -0.39 is 0 Å². The van der Waals surface area contributed by atoms with Gasteiger partial charge in [0.1, 0.15) is 0 Å². The van der Waals surface area contributed by atoms with Crippen molar-refractivity contribution in [2.45, 2.75) is 64.0 Å². The summed E-state index contributed by atoms with van der Waals surface area (Å²) in [6.45, 7) is 6.18. The van der Waals surface area contributed by atoms with Gasteiger partial charge in [-0.2, -0.15) is 0 Å². The van der Waals surface area contributed by atoms with Gasteiger partial charge >= 0.3 is 0 Å². The third-order valence-corrected chi connectivity index (χ3v) is 4.69. The summed E-state index contributed by atoms with van der Waals surface area (Å²) in [5.74, 6) is 0.486. The van der Waals surface area contributed by atoms with Crippen LogP contribution in [0.25, 0.3) is 0 Å². The molecule has 2 heteroatoms. The largest absolute Gasteiger partial charge is 0.396 e. The molecule has 0 amide bonds. The van der Waals surface area contributed by atoms with Gasteiger partial charge in [-0.15, -0.1) is 0 Å². The van der Waals surface area contributed by atoms with Crippen LogP contribution in [0.2, 0.25) is 0 Å². The topological polar surface area (TPSA) is 23.5 Å². The molecule has 0 aromatic carbocycles. The molecule has 1 aliphatic heterocycles. The van der Waals surface area contributed by atoms with Crippen LogP contribution in [0, 0.1) is 5.92 Å². The maximum Gasteiger partial charge on any atom is 0.0477 e. The Morgan fingerprint density at radius 1 is 1.13 bits per heavy atom. The van der Waals surface area contributed by atoms with E-state index in [0.717, 1.165) is 6.04 Å². The van der Waals surface area contributed by atoms with Gasteiger partial charge in [0.15, 0.2) is 0 Å². The van der Waals surface area contributed by atoms with E-state index in [2.05, 4.69) is 18.7 Å². The van der Waals surface area contributed by atoms with E-state index in [0.29, 0.717) is 12.5 Å². The van der Waals surface area contributed by atoms with Crippen molar-refractivity contribution in [2.75, 3.05) is 13.2 Å². The minimum atomic E-state index is 0.219. The minimum absolute atomic E-state index is 0.219. The van der Waals surface area contributed by atoms with Gasteiger partial charge in [-0.25, -0.2) is 0 Å². The fraction of sp³-hybridized carbons (Fsp3) is 1.00. The monoisotopic (exact) mass is 211 g/mol.